The van der Waals surface area contributed by atoms with Crippen LogP contribution in [0.15, 0.2) is 28.0 Å². The number of hydrogen-bond donors (Lipinski definition) is 1. The first-order chi connectivity index (χ1) is 9.04. The summed E-state index contributed by atoms with van der Waals surface area (Å²) in [5.74, 6) is 0. The van der Waals surface area contributed by atoms with Crippen LogP contribution in [0.25, 0.3) is 0 Å². The van der Waals surface area contributed by atoms with Gasteiger partial charge in [-0.05, 0) is 19.4 Å². The molecule has 1 unspecified atom stereocenters. The highest BCUT2D eigenvalue weighted by atomic mass is 35.5. The number of aromatic nitrogens is 4. The highest BCUT2D eigenvalue weighted by molar-refractivity contribution is 6.30. The maximum Gasteiger partial charge on any atom is 0.329 e. The molecule has 2 rings (SSSR count). The molecule has 0 aliphatic heterocycles. The van der Waals surface area contributed by atoms with Gasteiger partial charge in [-0.3, -0.25) is 19.0 Å². The predicted molar refractivity (Wildman–Crippen MR) is 72.6 cm³/mol. The van der Waals surface area contributed by atoms with Gasteiger partial charge in [-0.2, -0.15) is 5.10 Å². The zero-order valence-electron chi connectivity index (χ0n) is 10.8. The van der Waals surface area contributed by atoms with Crippen LogP contribution in [-0.2, 0) is 13.0 Å². The summed E-state index contributed by atoms with van der Waals surface area (Å²) in [7, 11) is 0. The van der Waals surface area contributed by atoms with Crippen LogP contribution in [-0.4, -0.2) is 19.3 Å². The van der Waals surface area contributed by atoms with Crippen molar-refractivity contribution in [2.45, 2.75) is 32.9 Å². The minimum Gasteiger partial charge on any atom is -0.297 e. The summed E-state index contributed by atoms with van der Waals surface area (Å²) in [6.45, 7) is 4.07. The van der Waals surface area contributed by atoms with E-state index in [2.05, 4.69) is 10.1 Å². The van der Waals surface area contributed by atoms with Gasteiger partial charge in [0.25, 0.3) is 5.56 Å². The van der Waals surface area contributed by atoms with Crippen molar-refractivity contribution >= 4 is 11.6 Å². The van der Waals surface area contributed by atoms with Crippen LogP contribution in [0.4, 0.5) is 0 Å². The van der Waals surface area contributed by atoms with Gasteiger partial charge in [-0.25, -0.2) is 4.79 Å². The molecule has 0 saturated carbocycles. The Hall–Kier alpha value is -1.82. The van der Waals surface area contributed by atoms with E-state index < -0.39 is 5.69 Å². The molecule has 7 heteroatoms. The molecule has 0 spiro atoms. The third kappa shape index (κ3) is 2.63. The molecule has 2 aromatic heterocycles. The summed E-state index contributed by atoms with van der Waals surface area (Å²) in [6.07, 6.45) is 3.91. The number of H-pyrrole nitrogens is 1. The minimum atomic E-state index is -0.494. The van der Waals surface area contributed by atoms with E-state index in [1.165, 1.54) is 4.57 Å². The molecule has 19 heavy (non-hydrogen) atoms. The summed E-state index contributed by atoms with van der Waals surface area (Å²) in [5.41, 5.74) is -0.406. The Kier molecular flexibility index (Phi) is 3.90. The van der Waals surface area contributed by atoms with E-state index in [-0.39, 0.29) is 16.8 Å². The number of hydrogen-bond acceptors (Lipinski definition) is 3. The van der Waals surface area contributed by atoms with Crippen molar-refractivity contribution in [3.63, 3.8) is 0 Å². The van der Waals surface area contributed by atoms with Crippen LogP contribution >= 0.6 is 11.6 Å². The van der Waals surface area contributed by atoms with Crippen LogP contribution < -0.4 is 11.2 Å². The van der Waals surface area contributed by atoms with Gasteiger partial charge < -0.3 is 0 Å². The molecule has 6 nitrogen and oxygen atoms in total. The lowest BCUT2D eigenvalue weighted by Crippen LogP contribution is -2.40. The van der Waals surface area contributed by atoms with E-state index in [0.29, 0.717) is 18.5 Å². The lowest BCUT2D eigenvalue weighted by molar-refractivity contribution is 0.412. The summed E-state index contributed by atoms with van der Waals surface area (Å²) < 4.78 is 2.86. The van der Waals surface area contributed by atoms with Gasteiger partial charge in [0, 0.05) is 12.4 Å². The van der Waals surface area contributed by atoms with E-state index in [1.807, 2.05) is 6.92 Å². The zero-order valence-corrected chi connectivity index (χ0v) is 11.5. The Morgan fingerprint density at radius 1 is 1.47 bits per heavy atom. The highest BCUT2D eigenvalue weighted by Gasteiger charge is 2.16. The molecule has 0 saturated heterocycles. The monoisotopic (exact) mass is 282 g/mol. The van der Waals surface area contributed by atoms with Gasteiger partial charge in [0.2, 0.25) is 0 Å². The standard InChI is InChI=1S/C12H15ClN4O2/c1-3-9-10(13)15-12(19)17(11(9)18)8(2)7-16-6-4-5-14-16/h4-6,8H,3,7H2,1-2H3,(H,15,19). The molecule has 0 aromatic carbocycles. The van der Waals surface area contributed by atoms with Gasteiger partial charge in [0.1, 0.15) is 5.15 Å². The molecule has 0 aliphatic rings. The molecule has 2 heterocycles. The van der Waals surface area contributed by atoms with E-state index in [4.69, 9.17) is 11.6 Å². The topological polar surface area (TPSA) is 72.7 Å². The van der Waals surface area contributed by atoms with Crippen molar-refractivity contribution in [2.24, 2.45) is 0 Å². The van der Waals surface area contributed by atoms with Crippen molar-refractivity contribution in [2.75, 3.05) is 0 Å². The second-order valence-corrected chi connectivity index (χ2v) is 4.71. The molecule has 0 aliphatic carbocycles. The lowest BCUT2D eigenvalue weighted by Gasteiger charge is -2.15. The maximum absolute atomic E-state index is 12.2. The molecule has 0 fully saturated rings. The molecular weight excluding hydrogens is 268 g/mol. The Balaban J connectivity index is 2.44. The normalized spacial score (nSPS) is 12.6. The van der Waals surface area contributed by atoms with Crippen LogP contribution in [0.2, 0.25) is 5.15 Å². The summed E-state index contributed by atoms with van der Waals surface area (Å²) >= 11 is 5.87. The number of aromatic amines is 1. The van der Waals surface area contributed by atoms with Crippen molar-refractivity contribution in [3.05, 3.63) is 50.0 Å². The Bertz CT molecular complexity index is 672. The average Bonchev–Trinajstić information content (AvgIpc) is 2.81. The molecule has 0 radical (unpaired) electrons. The second kappa shape index (κ2) is 5.44. The number of nitrogens with one attached hydrogen (secondary N) is 1. The van der Waals surface area contributed by atoms with Gasteiger partial charge in [-0.15, -0.1) is 0 Å². The second-order valence-electron chi connectivity index (χ2n) is 4.33. The minimum absolute atomic E-state index is 0.125. The van der Waals surface area contributed by atoms with Crippen molar-refractivity contribution in [1.82, 2.24) is 19.3 Å². The summed E-state index contributed by atoms with van der Waals surface area (Å²) in [6, 6.07) is 1.48. The van der Waals surface area contributed by atoms with Crippen LogP contribution in [0, 0.1) is 0 Å². The fourth-order valence-corrected chi connectivity index (χ4v) is 2.32. The van der Waals surface area contributed by atoms with Crippen molar-refractivity contribution < 1.29 is 0 Å². The summed E-state index contributed by atoms with van der Waals surface area (Å²) in [5, 5.41) is 4.19. The maximum atomic E-state index is 12.2. The molecule has 1 atom stereocenters. The van der Waals surface area contributed by atoms with E-state index in [9.17, 15) is 9.59 Å². The Morgan fingerprint density at radius 3 is 2.79 bits per heavy atom. The largest absolute Gasteiger partial charge is 0.329 e. The average molecular weight is 283 g/mol. The van der Waals surface area contributed by atoms with Crippen LogP contribution in [0.3, 0.4) is 0 Å². The Labute approximate surface area is 114 Å². The quantitative estimate of drug-likeness (QED) is 0.857. The van der Waals surface area contributed by atoms with Gasteiger partial charge in [0.05, 0.1) is 18.2 Å². The van der Waals surface area contributed by atoms with Crippen molar-refractivity contribution in [3.8, 4) is 0 Å². The number of halogens is 1. The van der Waals surface area contributed by atoms with E-state index in [1.54, 1.807) is 30.1 Å². The smallest absolute Gasteiger partial charge is 0.297 e. The lowest BCUT2D eigenvalue weighted by atomic mass is 10.2. The number of rotatable bonds is 4. The molecule has 2 aromatic rings. The van der Waals surface area contributed by atoms with Crippen LogP contribution in [0.5, 0.6) is 0 Å². The molecule has 0 bridgehead atoms. The molecule has 102 valence electrons. The first kappa shape index (κ1) is 13.6. The van der Waals surface area contributed by atoms with E-state index in [0.717, 1.165) is 0 Å². The molecular formula is C12H15ClN4O2. The third-order valence-electron chi connectivity index (χ3n) is 2.98. The van der Waals surface area contributed by atoms with Crippen LogP contribution in [0.1, 0.15) is 25.5 Å². The van der Waals surface area contributed by atoms with Crippen molar-refractivity contribution in [1.29, 1.82) is 0 Å². The molecule has 1 N–H and O–H groups in total. The third-order valence-corrected chi connectivity index (χ3v) is 3.30. The predicted octanol–water partition coefficient (Wildman–Crippen LogP) is 1.21. The first-order valence-corrected chi connectivity index (χ1v) is 6.43. The van der Waals surface area contributed by atoms with Gasteiger partial charge >= 0.3 is 5.69 Å². The van der Waals surface area contributed by atoms with Gasteiger partial charge in [-0.1, -0.05) is 18.5 Å². The highest BCUT2D eigenvalue weighted by Crippen LogP contribution is 2.09. The number of nitrogens with zero attached hydrogens (tertiary/aromatic N) is 3. The fraction of sp³-hybridized carbons (Fsp3) is 0.417. The van der Waals surface area contributed by atoms with E-state index >= 15 is 0 Å². The zero-order chi connectivity index (χ0) is 14.0. The Morgan fingerprint density at radius 2 is 2.21 bits per heavy atom. The first-order valence-electron chi connectivity index (χ1n) is 6.05. The molecule has 0 amide bonds. The summed E-state index contributed by atoms with van der Waals surface area (Å²) in [4.78, 5) is 26.6. The fourth-order valence-electron chi connectivity index (χ4n) is 2.03. The SMILES string of the molecule is CCc1c(Cl)[nH]c(=O)n(C(C)Cn2cccn2)c1=O. The van der Waals surface area contributed by atoms with Gasteiger partial charge in [0.15, 0.2) is 0 Å².